The molecule has 0 fully saturated rings. The van der Waals surface area contributed by atoms with E-state index in [2.05, 4.69) is 4.74 Å². The summed E-state index contributed by atoms with van der Waals surface area (Å²) in [4.78, 5) is 0. The molecule has 0 N–H and O–H groups in total. The largest absolute Gasteiger partial charge is 0.359 e. The van der Waals surface area contributed by atoms with Gasteiger partial charge >= 0.3 is 0 Å². The molecule has 0 heterocycles. The fraction of sp³-hybridized carbons (Fsp3) is 1.00. The zero-order valence-corrected chi connectivity index (χ0v) is 7.33. The first kappa shape index (κ1) is 10.8. The fourth-order valence-electron chi connectivity index (χ4n) is 0.530. The molecule has 68 valence electrons. The van der Waals surface area contributed by atoms with Crippen LogP contribution in [0.25, 0.3) is 0 Å². The van der Waals surface area contributed by atoms with Gasteiger partial charge in [0.1, 0.15) is 13.6 Å². The quantitative estimate of drug-likeness (QED) is 0.408. The van der Waals surface area contributed by atoms with Gasteiger partial charge in [0.15, 0.2) is 0 Å². The van der Waals surface area contributed by atoms with E-state index in [0.717, 1.165) is 0 Å². The molecule has 0 aliphatic heterocycles. The standard InChI is InChI=1S/C7H16O4/c1-7(11-6-9-3)4-10-5-8-2/h7H,4-6H2,1-3H3. The van der Waals surface area contributed by atoms with E-state index in [-0.39, 0.29) is 6.10 Å². The van der Waals surface area contributed by atoms with E-state index < -0.39 is 0 Å². The highest BCUT2D eigenvalue weighted by Gasteiger charge is 2.00. The second-order valence-electron chi connectivity index (χ2n) is 2.16. The Hall–Kier alpha value is -0.160. The molecule has 1 unspecified atom stereocenters. The lowest BCUT2D eigenvalue weighted by Crippen LogP contribution is -2.17. The van der Waals surface area contributed by atoms with Gasteiger partial charge in [0, 0.05) is 14.2 Å². The van der Waals surface area contributed by atoms with Crippen LogP contribution in [0.1, 0.15) is 6.92 Å². The number of rotatable bonds is 7. The van der Waals surface area contributed by atoms with E-state index in [0.29, 0.717) is 20.2 Å². The second-order valence-corrected chi connectivity index (χ2v) is 2.16. The molecule has 11 heavy (non-hydrogen) atoms. The van der Waals surface area contributed by atoms with E-state index in [4.69, 9.17) is 14.2 Å². The maximum absolute atomic E-state index is 5.13. The zero-order chi connectivity index (χ0) is 8.53. The number of hydrogen-bond donors (Lipinski definition) is 0. The van der Waals surface area contributed by atoms with Gasteiger partial charge in [-0.1, -0.05) is 0 Å². The summed E-state index contributed by atoms with van der Waals surface area (Å²) in [5.74, 6) is 0. The highest BCUT2D eigenvalue weighted by atomic mass is 16.7. The molecule has 0 aromatic heterocycles. The van der Waals surface area contributed by atoms with E-state index in [9.17, 15) is 0 Å². The highest BCUT2D eigenvalue weighted by Crippen LogP contribution is 1.91. The molecule has 0 saturated carbocycles. The van der Waals surface area contributed by atoms with Crippen LogP contribution in [0.3, 0.4) is 0 Å². The van der Waals surface area contributed by atoms with Crippen molar-refractivity contribution in [3.8, 4) is 0 Å². The molecule has 0 bridgehead atoms. The van der Waals surface area contributed by atoms with Crippen LogP contribution in [0.2, 0.25) is 0 Å². The minimum absolute atomic E-state index is 0.0464. The number of methoxy groups -OCH3 is 2. The molecule has 4 nitrogen and oxygen atoms in total. The van der Waals surface area contributed by atoms with Gasteiger partial charge in [0.25, 0.3) is 0 Å². The fourth-order valence-corrected chi connectivity index (χ4v) is 0.530. The third kappa shape index (κ3) is 7.74. The van der Waals surface area contributed by atoms with Crippen LogP contribution in [-0.4, -0.2) is 40.5 Å². The molecular formula is C7H16O4. The Balaban J connectivity index is 3.02. The van der Waals surface area contributed by atoms with E-state index in [1.165, 1.54) is 0 Å². The first-order chi connectivity index (χ1) is 5.31. The maximum atomic E-state index is 5.13. The summed E-state index contributed by atoms with van der Waals surface area (Å²) in [7, 11) is 3.17. The Morgan fingerprint density at radius 3 is 2.27 bits per heavy atom. The van der Waals surface area contributed by atoms with E-state index >= 15 is 0 Å². The minimum Gasteiger partial charge on any atom is -0.359 e. The van der Waals surface area contributed by atoms with E-state index in [1.54, 1.807) is 14.2 Å². The molecule has 0 aliphatic carbocycles. The average Bonchev–Trinajstić information content (AvgIpc) is 2.01. The SMILES string of the molecule is COCOCC(C)OCOC. The first-order valence-electron chi connectivity index (χ1n) is 3.48. The van der Waals surface area contributed by atoms with Crippen LogP contribution < -0.4 is 0 Å². The minimum atomic E-state index is 0.0464. The van der Waals surface area contributed by atoms with Crippen LogP contribution in [0.15, 0.2) is 0 Å². The van der Waals surface area contributed by atoms with Gasteiger partial charge in [-0.2, -0.15) is 0 Å². The summed E-state index contributed by atoms with van der Waals surface area (Å²) in [6.07, 6.45) is 0.0464. The van der Waals surface area contributed by atoms with Crippen molar-refractivity contribution in [2.24, 2.45) is 0 Å². The van der Waals surface area contributed by atoms with Crippen molar-refractivity contribution in [1.82, 2.24) is 0 Å². The summed E-state index contributed by atoms with van der Waals surface area (Å²) in [5.41, 5.74) is 0. The van der Waals surface area contributed by atoms with Crippen LogP contribution in [0, 0.1) is 0 Å². The smallest absolute Gasteiger partial charge is 0.146 e. The summed E-state index contributed by atoms with van der Waals surface area (Å²) < 4.78 is 19.6. The molecule has 0 amide bonds. The van der Waals surface area contributed by atoms with Crippen molar-refractivity contribution in [3.63, 3.8) is 0 Å². The van der Waals surface area contributed by atoms with Gasteiger partial charge < -0.3 is 18.9 Å². The van der Waals surface area contributed by atoms with Crippen LogP contribution in [-0.2, 0) is 18.9 Å². The second kappa shape index (κ2) is 7.94. The Kier molecular flexibility index (Phi) is 7.83. The van der Waals surface area contributed by atoms with Gasteiger partial charge in [0.2, 0.25) is 0 Å². The van der Waals surface area contributed by atoms with Gasteiger partial charge in [0.05, 0.1) is 12.7 Å². The summed E-state index contributed by atoms with van der Waals surface area (Å²) >= 11 is 0. The first-order valence-corrected chi connectivity index (χ1v) is 3.48. The van der Waals surface area contributed by atoms with Crippen molar-refractivity contribution < 1.29 is 18.9 Å². The van der Waals surface area contributed by atoms with Crippen LogP contribution in [0.5, 0.6) is 0 Å². The lowest BCUT2D eigenvalue weighted by atomic mass is 10.4. The zero-order valence-electron chi connectivity index (χ0n) is 7.33. The molecule has 1 atom stereocenters. The monoisotopic (exact) mass is 164 g/mol. The van der Waals surface area contributed by atoms with Crippen molar-refractivity contribution in [2.45, 2.75) is 13.0 Å². The lowest BCUT2D eigenvalue weighted by molar-refractivity contribution is -0.113. The molecule has 4 heteroatoms. The highest BCUT2D eigenvalue weighted by molar-refractivity contribution is 4.43. The van der Waals surface area contributed by atoms with Crippen molar-refractivity contribution in [2.75, 3.05) is 34.4 Å². The number of ether oxygens (including phenoxy) is 4. The van der Waals surface area contributed by atoms with Gasteiger partial charge in [-0.05, 0) is 6.92 Å². The van der Waals surface area contributed by atoms with Crippen molar-refractivity contribution in [1.29, 1.82) is 0 Å². The molecule has 0 aromatic rings. The van der Waals surface area contributed by atoms with Gasteiger partial charge in [-0.3, -0.25) is 0 Å². The third-order valence-corrected chi connectivity index (χ3v) is 1.02. The Morgan fingerprint density at radius 2 is 1.73 bits per heavy atom. The summed E-state index contributed by atoms with van der Waals surface area (Å²) in [5, 5.41) is 0. The van der Waals surface area contributed by atoms with Crippen molar-refractivity contribution in [3.05, 3.63) is 0 Å². The predicted octanol–water partition coefficient (Wildman–Crippen LogP) is 0.616. The number of hydrogen-bond acceptors (Lipinski definition) is 4. The maximum Gasteiger partial charge on any atom is 0.146 e. The third-order valence-electron chi connectivity index (χ3n) is 1.02. The molecule has 0 radical (unpaired) electrons. The molecule has 0 aliphatic rings. The predicted molar refractivity (Wildman–Crippen MR) is 40.3 cm³/mol. The molecule has 0 rings (SSSR count). The average molecular weight is 164 g/mol. The molecular weight excluding hydrogens is 148 g/mol. The Labute approximate surface area is 67.4 Å². The normalized spacial score (nSPS) is 13.4. The van der Waals surface area contributed by atoms with Crippen LogP contribution >= 0.6 is 0 Å². The van der Waals surface area contributed by atoms with Crippen molar-refractivity contribution >= 4 is 0 Å². The lowest BCUT2D eigenvalue weighted by Gasteiger charge is -2.11. The van der Waals surface area contributed by atoms with Gasteiger partial charge in [-0.15, -0.1) is 0 Å². The Morgan fingerprint density at radius 1 is 1.09 bits per heavy atom. The molecule has 0 saturated heterocycles. The topological polar surface area (TPSA) is 36.9 Å². The summed E-state index contributed by atoms with van der Waals surface area (Å²) in [6.45, 7) is 3.05. The Bertz CT molecular complexity index is 76.8. The van der Waals surface area contributed by atoms with E-state index in [1.807, 2.05) is 6.92 Å². The van der Waals surface area contributed by atoms with Crippen LogP contribution in [0.4, 0.5) is 0 Å². The van der Waals surface area contributed by atoms with Gasteiger partial charge in [-0.25, -0.2) is 0 Å². The molecule has 0 spiro atoms. The molecule has 0 aromatic carbocycles. The summed E-state index contributed by atoms with van der Waals surface area (Å²) in [6, 6.07) is 0.